The molecular weight excluding hydrogens is 259 g/mol. The molecule has 0 bridgehead atoms. The second-order valence-corrected chi connectivity index (χ2v) is 4.36. The Morgan fingerprint density at radius 1 is 1.20 bits per heavy atom. The van der Waals surface area contributed by atoms with Gasteiger partial charge < -0.3 is 14.7 Å². The van der Waals surface area contributed by atoms with E-state index in [1.807, 2.05) is 6.92 Å². The Kier molecular flexibility index (Phi) is 3.02. The SMILES string of the molecule is CCc1occc1-c1onc(N)c1-c1ccccc1F. The molecule has 20 heavy (non-hydrogen) atoms. The van der Waals surface area contributed by atoms with Crippen molar-refractivity contribution in [3.63, 3.8) is 0 Å². The molecular formula is C15H13FN2O2. The van der Waals surface area contributed by atoms with E-state index in [4.69, 9.17) is 14.7 Å². The normalized spacial score (nSPS) is 10.9. The van der Waals surface area contributed by atoms with Gasteiger partial charge in [-0.15, -0.1) is 0 Å². The lowest BCUT2D eigenvalue weighted by Gasteiger charge is -2.03. The molecule has 0 fully saturated rings. The lowest BCUT2D eigenvalue weighted by atomic mass is 10.0. The van der Waals surface area contributed by atoms with Crippen LogP contribution in [0.4, 0.5) is 10.2 Å². The summed E-state index contributed by atoms with van der Waals surface area (Å²) in [7, 11) is 0. The van der Waals surface area contributed by atoms with Crippen LogP contribution < -0.4 is 5.73 Å². The molecule has 2 heterocycles. The third kappa shape index (κ3) is 1.87. The van der Waals surface area contributed by atoms with Crippen LogP contribution >= 0.6 is 0 Å². The fourth-order valence-electron chi connectivity index (χ4n) is 2.23. The third-order valence-corrected chi connectivity index (χ3v) is 3.17. The summed E-state index contributed by atoms with van der Waals surface area (Å²) in [5, 5.41) is 3.76. The van der Waals surface area contributed by atoms with E-state index in [0.717, 1.165) is 11.3 Å². The van der Waals surface area contributed by atoms with Gasteiger partial charge in [0.2, 0.25) is 0 Å². The van der Waals surface area contributed by atoms with E-state index in [1.54, 1.807) is 30.5 Å². The average Bonchev–Trinajstić information content (AvgIpc) is 3.05. The molecule has 2 N–H and O–H groups in total. The molecule has 4 nitrogen and oxygen atoms in total. The summed E-state index contributed by atoms with van der Waals surface area (Å²) in [6.07, 6.45) is 2.26. The molecule has 5 heteroatoms. The molecule has 0 spiro atoms. The molecule has 0 saturated heterocycles. The van der Waals surface area contributed by atoms with Crippen LogP contribution in [-0.4, -0.2) is 5.16 Å². The van der Waals surface area contributed by atoms with Crippen molar-refractivity contribution in [2.45, 2.75) is 13.3 Å². The number of hydrogen-bond acceptors (Lipinski definition) is 4. The fourth-order valence-corrected chi connectivity index (χ4v) is 2.23. The van der Waals surface area contributed by atoms with Crippen molar-refractivity contribution in [3.05, 3.63) is 48.2 Å². The summed E-state index contributed by atoms with van der Waals surface area (Å²) in [6, 6.07) is 8.15. The maximum absolute atomic E-state index is 14.0. The number of hydrogen-bond donors (Lipinski definition) is 1. The Balaban J connectivity index is 2.23. The number of benzene rings is 1. The lowest BCUT2D eigenvalue weighted by molar-refractivity contribution is 0.433. The number of anilines is 1. The molecule has 0 aliphatic heterocycles. The Morgan fingerprint density at radius 2 is 2.00 bits per heavy atom. The molecule has 3 rings (SSSR count). The summed E-state index contributed by atoms with van der Waals surface area (Å²) in [5.74, 6) is 0.968. The van der Waals surface area contributed by atoms with Gasteiger partial charge in [-0.1, -0.05) is 30.3 Å². The van der Waals surface area contributed by atoms with Crippen LogP contribution in [-0.2, 0) is 6.42 Å². The monoisotopic (exact) mass is 272 g/mol. The van der Waals surface area contributed by atoms with Crippen molar-refractivity contribution in [3.8, 4) is 22.5 Å². The van der Waals surface area contributed by atoms with Gasteiger partial charge in [0.15, 0.2) is 11.6 Å². The molecule has 3 aromatic rings. The predicted molar refractivity (Wildman–Crippen MR) is 73.4 cm³/mol. The van der Waals surface area contributed by atoms with Crippen LogP contribution in [0, 0.1) is 5.82 Å². The Morgan fingerprint density at radius 3 is 2.75 bits per heavy atom. The molecule has 0 aliphatic carbocycles. The molecule has 0 saturated carbocycles. The molecule has 102 valence electrons. The number of nitrogens with two attached hydrogens (primary N) is 1. The summed E-state index contributed by atoms with van der Waals surface area (Å²) in [4.78, 5) is 0. The highest BCUT2D eigenvalue weighted by molar-refractivity contribution is 5.87. The van der Waals surface area contributed by atoms with E-state index in [-0.39, 0.29) is 11.6 Å². The van der Waals surface area contributed by atoms with Crippen molar-refractivity contribution in [2.24, 2.45) is 0 Å². The first-order valence-electron chi connectivity index (χ1n) is 6.29. The van der Waals surface area contributed by atoms with Gasteiger partial charge in [-0.3, -0.25) is 0 Å². The van der Waals surface area contributed by atoms with Crippen LogP contribution in [0.3, 0.4) is 0 Å². The minimum Gasteiger partial charge on any atom is -0.469 e. The second-order valence-electron chi connectivity index (χ2n) is 4.36. The Labute approximate surface area is 115 Å². The predicted octanol–water partition coefficient (Wildman–Crippen LogP) is 3.89. The van der Waals surface area contributed by atoms with Crippen LogP contribution in [0.25, 0.3) is 22.5 Å². The number of rotatable bonds is 3. The molecule has 0 atom stereocenters. The van der Waals surface area contributed by atoms with Gasteiger partial charge in [0.1, 0.15) is 11.6 Å². The number of halogens is 1. The Bertz CT molecular complexity index is 746. The molecule has 0 radical (unpaired) electrons. The maximum Gasteiger partial charge on any atom is 0.180 e. The van der Waals surface area contributed by atoms with E-state index in [9.17, 15) is 4.39 Å². The zero-order valence-electron chi connectivity index (χ0n) is 10.9. The molecule has 2 aromatic heterocycles. The van der Waals surface area contributed by atoms with E-state index in [0.29, 0.717) is 23.3 Å². The van der Waals surface area contributed by atoms with E-state index in [2.05, 4.69) is 5.16 Å². The summed E-state index contributed by atoms with van der Waals surface area (Å²) >= 11 is 0. The average molecular weight is 272 g/mol. The van der Waals surface area contributed by atoms with Gasteiger partial charge in [-0.05, 0) is 12.1 Å². The fraction of sp³-hybridized carbons (Fsp3) is 0.133. The second kappa shape index (κ2) is 4.85. The molecule has 0 unspecified atom stereocenters. The highest BCUT2D eigenvalue weighted by atomic mass is 19.1. The van der Waals surface area contributed by atoms with Crippen molar-refractivity contribution in [1.29, 1.82) is 0 Å². The zero-order valence-corrected chi connectivity index (χ0v) is 10.9. The van der Waals surface area contributed by atoms with Gasteiger partial charge in [-0.2, -0.15) is 0 Å². The minimum atomic E-state index is -0.370. The first kappa shape index (κ1) is 12.5. The lowest BCUT2D eigenvalue weighted by Crippen LogP contribution is -1.91. The number of aromatic nitrogens is 1. The zero-order chi connectivity index (χ0) is 14.1. The van der Waals surface area contributed by atoms with E-state index < -0.39 is 0 Å². The number of aryl methyl sites for hydroxylation is 1. The maximum atomic E-state index is 14.0. The van der Waals surface area contributed by atoms with Crippen LogP contribution in [0.5, 0.6) is 0 Å². The molecule has 0 amide bonds. The summed E-state index contributed by atoms with van der Waals surface area (Å²) in [5.41, 5.74) is 7.41. The number of nitrogen functional groups attached to an aromatic ring is 1. The van der Waals surface area contributed by atoms with Gasteiger partial charge >= 0.3 is 0 Å². The van der Waals surface area contributed by atoms with Crippen LogP contribution in [0.1, 0.15) is 12.7 Å². The highest BCUT2D eigenvalue weighted by Crippen LogP contribution is 2.39. The van der Waals surface area contributed by atoms with Crippen LogP contribution in [0.15, 0.2) is 45.5 Å². The van der Waals surface area contributed by atoms with Gasteiger partial charge in [-0.25, -0.2) is 4.39 Å². The number of nitrogens with zero attached hydrogens (tertiary/aromatic N) is 1. The van der Waals surface area contributed by atoms with Crippen molar-refractivity contribution in [2.75, 3.05) is 5.73 Å². The van der Waals surface area contributed by atoms with Crippen LogP contribution in [0.2, 0.25) is 0 Å². The smallest absolute Gasteiger partial charge is 0.180 e. The molecule has 1 aromatic carbocycles. The van der Waals surface area contributed by atoms with Crippen molar-refractivity contribution >= 4 is 5.82 Å². The van der Waals surface area contributed by atoms with Gasteiger partial charge in [0.05, 0.1) is 17.4 Å². The van der Waals surface area contributed by atoms with Gasteiger partial charge in [0.25, 0.3) is 0 Å². The first-order chi connectivity index (χ1) is 9.72. The van der Waals surface area contributed by atoms with Gasteiger partial charge in [0, 0.05) is 12.0 Å². The third-order valence-electron chi connectivity index (χ3n) is 3.17. The van der Waals surface area contributed by atoms with E-state index >= 15 is 0 Å². The number of furan rings is 1. The Hall–Kier alpha value is -2.56. The standard InChI is InChI=1S/C15H13FN2O2/c1-2-12-10(7-8-19-12)14-13(15(17)18-20-14)9-5-3-4-6-11(9)16/h3-8H,2H2,1H3,(H2,17,18). The topological polar surface area (TPSA) is 65.2 Å². The van der Waals surface area contributed by atoms with Crippen molar-refractivity contribution < 1.29 is 13.3 Å². The van der Waals surface area contributed by atoms with E-state index in [1.165, 1.54) is 6.07 Å². The first-order valence-corrected chi connectivity index (χ1v) is 6.29. The minimum absolute atomic E-state index is 0.161. The summed E-state index contributed by atoms with van der Waals surface area (Å²) < 4.78 is 24.7. The largest absolute Gasteiger partial charge is 0.469 e. The quantitative estimate of drug-likeness (QED) is 0.785. The highest BCUT2D eigenvalue weighted by Gasteiger charge is 2.22. The summed E-state index contributed by atoms with van der Waals surface area (Å²) in [6.45, 7) is 1.96. The van der Waals surface area contributed by atoms with Crippen molar-refractivity contribution in [1.82, 2.24) is 5.16 Å². The molecule has 0 aliphatic rings.